The first-order valence-electron chi connectivity index (χ1n) is 6.66. The van der Waals surface area contributed by atoms with Crippen LogP contribution < -0.4 is 10.6 Å². The van der Waals surface area contributed by atoms with Gasteiger partial charge in [0.15, 0.2) is 9.84 Å². The van der Waals surface area contributed by atoms with Crippen molar-refractivity contribution in [3.63, 3.8) is 0 Å². The van der Waals surface area contributed by atoms with Crippen LogP contribution in [0.15, 0.2) is 0 Å². The van der Waals surface area contributed by atoms with E-state index < -0.39 is 26.2 Å². The Morgan fingerprint density at radius 1 is 1.30 bits per heavy atom. The molecule has 0 aromatic rings. The maximum absolute atomic E-state index is 12.3. The van der Waals surface area contributed by atoms with Crippen molar-refractivity contribution in [2.75, 3.05) is 25.4 Å². The van der Waals surface area contributed by atoms with Crippen LogP contribution in [0.1, 0.15) is 27.2 Å². The summed E-state index contributed by atoms with van der Waals surface area (Å²) in [4.78, 5) is 25.2. The number of urea groups is 1. The van der Waals surface area contributed by atoms with Gasteiger partial charge in [0.05, 0.1) is 10.5 Å². The van der Waals surface area contributed by atoms with Crippen LogP contribution in [0.3, 0.4) is 0 Å². The largest absolute Gasteiger partial charge is 0.325 e. The lowest BCUT2D eigenvalue weighted by Crippen LogP contribution is -2.49. The molecular weight excluding hydrogens is 282 g/mol. The van der Waals surface area contributed by atoms with Crippen LogP contribution >= 0.6 is 0 Å². The van der Waals surface area contributed by atoms with Crippen LogP contribution in [-0.4, -0.2) is 60.9 Å². The molecule has 2 fully saturated rings. The maximum Gasteiger partial charge on any atom is 0.325 e. The third-order valence-corrected chi connectivity index (χ3v) is 6.50. The zero-order chi connectivity index (χ0) is 15.2. The molecule has 0 saturated carbocycles. The molecule has 1 unspecified atom stereocenters. The molecular formula is C12H21N3O4S. The highest BCUT2D eigenvalue weighted by Crippen LogP contribution is 2.25. The van der Waals surface area contributed by atoms with Crippen molar-refractivity contribution < 1.29 is 18.0 Å². The van der Waals surface area contributed by atoms with Crippen LogP contribution in [0.5, 0.6) is 0 Å². The van der Waals surface area contributed by atoms with E-state index in [1.807, 2.05) is 0 Å². The Morgan fingerprint density at radius 2 is 1.95 bits per heavy atom. The number of rotatable bonds is 3. The Bertz CT molecular complexity index is 529. The molecule has 2 aliphatic heterocycles. The van der Waals surface area contributed by atoms with Gasteiger partial charge in [0.1, 0.15) is 5.54 Å². The molecule has 0 aliphatic carbocycles. The Balaban J connectivity index is 2.08. The molecule has 2 N–H and O–H groups in total. The maximum atomic E-state index is 12.3. The lowest BCUT2D eigenvalue weighted by Gasteiger charge is -2.22. The first kappa shape index (κ1) is 15.2. The van der Waals surface area contributed by atoms with Crippen molar-refractivity contribution in [3.8, 4) is 0 Å². The van der Waals surface area contributed by atoms with E-state index in [-0.39, 0.29) is 18.2 Å². The van der Waals surface area contributed by atoms with E-state index in [9.17, 15) is 18.0 Å². The lowest BCUT2D eigenvalue weighted by atomic mass is 9.99. The van der Waals surface area contributed by atoms with Gasteiger partial charge in [-0.05, 0) is 33.7 Å². The van der Waals surface area contributed by atoms with Crippen molar-refractivity contribution in [3.05, 3.63) is 0 Å². The standard InChI is InChI=1S/C12H21N3O4S/c1-11(2,3)20(18,19)7-6-15-9(16)12(14-10(15)17)4-5-13-8-12/h13H,4-8H2,1-3H3,(H,14,17). The SMILES string of the molecule is CC(C)(C)S(=O)(=O)CCN1C(=O)NC2(CCNC2)C1=O. The van der Waals surface area contributed by atoms with Gasteiger partial charge < -0.3 is 10.6 Å². The molecule has 7 nitrogen and oxygen atoms in total. The van der Waals surface area contributed by atoms with Crippen molar-refractivity contribution in [1.29, 1.82) is 0 Å². The molecule has 0 aromatic heterocycles. The fourth-order valence-electron chi connectivity index (χ4n) is 2.38. The molecule has 3 amide bonds. The molecule has 0 aromatic carbocycles. The van der Waals surface area contributed by atoms with Crippen molar-refractivity contribution in [2.45, 2.75) is 37.5 Å². The number of hydrogen-bond acceptors (Lipinski definition) is 5. The fourth-order valence-corrected chi connectivity index (χ4v) is 3.41. The highest BCUT2D eigenvalue weighted by Gasteiger charge is 2.52. The summed E-state index contributed by atoms with van der Waals surface area (Å²) in [7, 11) is -3.36. The van der Waals surface area contributed by atoms with Crippen LogP contribution in [-0.2, 0) is 14.6 Å². The minimum atomic E-state index is -3.36. The summed E-state index contributed by atoms with van der Waals surface area (Å²) >= 11 is 0. The molecule has 114 valence electrons. The summed E-state index contributed by atoms with van der Waals surface area (Å²) in [6.07, 6.45) is 0.542. The van der Waals surface area contributed by atoms with Gasteiger partial charge in [-0.15, -0.1) is 0 Å². The number of amides is 3. The predicted molar refractivity (Wildman–Crippen MR) is 74.0 cm³/mol. The Labute approximate surface area is 119 Å². The normalized spacial score (nSPS) is 27.4. The van der Waals surface area contributed by atoms with E-state index in [0.717, 1.165) is 4.90 Å². The highest BCUT2D eigenvalue weighted by molar-refractivity contribution is 7.92. The first-order chi connectivity index (χ1) is 9.09. The first-order valence-corrected chi connectivity index (χ1v) is 8.31. The molecule has 1 atom stereocenters. The summed E-state index contributed by atoms with van der Waals surface area (Å²) in [6.45, 7) is 5.80. The van der Waals surface area contributed by atoms with E-state index in [2.05, 4.69) is 10.6 Å². The number of imide groups is 1. The molecule has 0 radical (unpaired) electrons. The molecule has 8 heteroatoms. The second kappa shape index (κ2) is 4.70. The van der Waals surface area contributed by atoms with Crippen LogP contribution in [0, 0.1) is 0 Å². The van der Waals surface area contributed by atoms with Gasteiger partial charge in [0, 0.05) is 13.1 Å². The van der Waals surface area contributed by atoms with Crippen molar-refractivity contribution >= 4 is 21.8 Å². The van der Waals surface area contributed by atoms with Gasteiger partial charge >= 0.3 is 6.03 Å². The smallest absolute Gasteiger partial charge is 0.322 e. The number of nitrogens with zero attached hydrogens (tertiary/aromatic N) is 1. The zero-order valence-electron chi connectivity index (χ0n) is 12.0. The van der Waals surface area contributed by atoms with Crippen LogP contribution in [0.4, 0.5) is 4.79 Å². The number of nitrogens with one attached hydrogen (secondary N) is 2. The molecule has 20 heavy (non-hydrogen) atoms. The number of sulfone groups is 1. The fraction of sp³-hybridized carbons (Fsp3) is 0.833. The van der Waals surface area contributed by atoms with E-state index in [1.165, 1.54) is 0 Å². The molecule has 2 heterocycles. The van der Waals surface area contributed by atoms with Crippen LogP contribution in [0.25, 0.3) is 0 Å². The third-order valence-electron chi connectivity index (χ3n) is 3.92. The summed E-state index contributed by atoms with van der Waals surface area (Å²) in [5, 5.41) is 5.73. The van der Waals surface area contributed by atoms with E-state index >= 15 is 0 Å². The highest BCUT2D eigenvalue weighted by atomic mass is 32.2. The quantitative estimate of drug-likeness (QED) is 0.684. The molecule has 0 bridgehead atoms. The van der Waals surface area contributed by atoms with Gasteiger partial charge in [0.25, 0.3) is 5.91 Å². The second-order valence-electron chi connectivity index (χ2n) is 6.33. The van der Waals surface area contributed by atoms with Gasteiger partial charge in [-0.3, -0.25) is 9.69 Å². The van der Waals surface area contributed by atoms with Gasteiger partial charge in [-0.25, -0.2) is 13.2 Å². The Morgan fingerprint density at radius 3 is 2.45 bits per heavy atom. The number of carbonyl (C=O) groups excluding carboxylic acids is 2. The minimum absolute atomic E-state index is 0.0913. The summed E-state index contributed by atoms with van der Waals surface area (Å²) in [5.41, 5.74) is -0.872. The number of carbonyl (C=O) groups is 2. The topological polar surface area (TPSA) is 95.6 Å². The zero-order valence-corrected chi connectivity index (χ0v) is 12.8. The third kappa shape index (κ3) is 2.42. The van der Waals surface area contributed by atoms with Gasteiger partial charge in [0.2, 0.25) is 0 Å². The second-order valence-corrected chi connectivity index (χ2v) is 9.19. The molecule has 2 saturated heterocycles. The summed E-state index contributed by atoms with van der Waals surface area (Å²) in [6, 6.07) is -0.497. The lowest BCUT2D eigenvalue weighted by molar-refractivity contribution is -0.130. The van der Waals surface area contributed by atoms with Crippen LogP contribution in [0.2, 0.25) is 0 Å². The average Bonchev–Trinajstić information content (AvgIpc) is 2.84. The van der Waals surface area contributed by atoms with E-state index in [0.29, 0.717) is 19.5 Å². The Hall–Kier alpha value is -1.15. The van der Waals surface area contributed by atoms with Gasteiger partial charge in [-0.2, -0.15) is 0 Å². The number of hydrogen-bond donors (Lipinski definition) is 2. The van der Waals surface area contributed by atoms with Crippen molar-refractivity contribution in [2.24, 2.45) is 0 Å². The summed E-state index contributed by atoms with van der Waals surface area (Å²) < 4.78 is 23.2. The van der Waals surface area contributed by atoms with E-state index in [4.69, 9.17) is 0 Å². The van der Waals surface area contributed by atoms with Gasteiger partial charge in [-0.1, -0.05) is 0 Å². The molecule has 2 aliphatic rings. The monoisotopic (exact) mass is 303 g/mol. The minimum Gasteiger partial charge on any atom is -0.322 e. The predicted octanol–water partition coefficient (Wildman–Crippen LogP) is -0.516. The Kier molecular flexibility index (Phi) is 3.58. The van der Waals surface area contributed by atoms with E-state index in [1.54, 1.807) is 20.8 Å². The average molecular weight is 303 g/mol. The molecule has 1 spiro atoms. The molecule has 2 rings (SSSR count). The summed E-state index contributed by atoms with van der Waals surface area (Å²) in [5.74, 6) is -0.532. The van der Waals surface area contributed by atoms with Crippen molar-refractivity contribution in [1.82, 2.24) is 15.5 Å².